The average molecular weight is 288 g/mol. The van der Waals surface area contributed by atoms with Gasteiger partial charge in [-0.15, -0.1) is 0 Å². The first-order valence-electron chi connectivity index (χ1n) is 5.02. The summed E-state index contributed by atoms with van der Waals surface area (Å²) in [4.78, 5) is 15.4. The van der Waals surface area contributed by atoms with Crippen molar-refractivity contribution in [1.29, 1.82) is 0 Å². The molecule has 1 aromatic rings. The molecule has 0 amide bonds. The van der Waals surface area contributed by atoms with Crippen molar-refractivity contribution in [2.24, 2.45) is 0 Å². The summed E-state index contributed by atoms with van der Waals surface area (Å²) >= 11 is 3.36. The van der Waals surface area contributed by atoms with E-state index in [1.54, 1.807) is 6.07 Å². The Balaban J connectivity index is 2.71. The molecule has 5 heteroatoms. The fraction of sp³-hybridized carbons (Fsp3) is 0.455. The molecule has 0 aliphatic rings. The summed E-state index contributed by atoms with van der Waals surface area (Å²) in [7, 11) is 1.34. The van der Waals surface area contributed by atoms with Crippen molar-refractivity contribution in [1.82, 2.24) is 4.98 Å². The maximum atomic E-state index is 11.2. The van der Waals surface area contributed by atoms with Gasteiger partial charge in [0.25, 0.3) is 0 Å². The summed E-state index contributed by atoms with van der Waals surface area (Å²) in [6.45, 7) is 0.192. The lowest BCUT2D eigenvalue weighted by molar-refractivity contribution is 0.0600. The van der Waals surface area contributed by atoms with E-state index in [1.807, 2.05) is 0 Å². The number of aliphatic hydroxyl groups is 1. The van der Waals surface area contributed by atoms with Crippen LogP contribution in [0.2, 0.25) is 0 Å². The Kier molecular flexibility index (Phi) is 5.42. The number of hydrogen-bond donors (Lipinski definition) is 1. The van der Waals surface area contributed by atoms with Gasteiger partial charge in [-0.25, -0.2) is 4.79 Å². The number of carbonyl (C=O) groups is 1. The largest absolute Gasteiger partial charge is 0.465 e. The van der Waals surface area contributed by atoms with Crippen molar-refractivity contribution in [3.63, 3.8) is 0 Å². The SMILES string of the molecule is COC(=O)c1cnc(CCCCO)c(Br)c1. The third kappa shape index (κ3) is 3.57. The number of unbranched alkanes of at least 4 members (excludes halogenated alkanes) is 1. The van der Waals surface area contributed by atoms with Gasteiger partial charge in [0.05, 0.1) is 18.4 Å². The molecule has 0 atom stereocenters. The molecule has 1 heterocycles. The minimum absolute atomic E-state index is 0.192. The van der Waals surface area contributed by atoms with Gasteiger partial charge < -0.3 is 9.84 Å². The minimum Gasteiger partial charge on any atom is -0.465 e. The minimum atomic E-state index is -0.393. The summed E-state index contributed by atoms with van der Waals surface area (Å²) in [6, 6.07) is 1.70. The molecule has 0 aromatic carbocycles. The Hall–Kier alpha value is -0.940. The van der Waals surface area contributed by atoms with Gasteiger partial charge in [0.15, 0.2) is 0 Å². The van der Waals surface area contributed by atoms with Crippen LogP contribution in [0, 0.1) is 0 Å². The van der Waals surface area contributed by atoms with Gasteiger partial charge in [0, 0.05) is 17.3 Å². The number of halogens is 1. The molecule has 0 aliphatic carbocycles. The van der Waals surface area contributed by atoms with E-state index in [9.17, 15) is 4.79 Å². The highest BCUT2D eigenvalue weighted by Gasteiger charge is 2.09. The van der Waals surface area contributed by atoms with Gasteiger partial charge in [0.1, 0.15) is 0 Å². The van der Waals surface area contributed by atoms with Crippen LogP contribution in [-0.4, -0.2) is 29.8 Å². The number of pyridine rings is 1. The maximum absolute atomic E-state index is 11.2. The summed E-state index contributed by atoms with van der Waals surface area (Å²) in [5.74, 6) is -0.393. The van der Waals surface area contributed by atoms with Crippen molar-refractivity contribution in [3.8, 4) is 0 Å². The zero-order chi connectivity index (χ0) is 12.0. The highest BCUT2D eigenvalue weighted by Crippen LogP contribution is 2.18. The summed E-state index contributed by atoms with van der Waals surface area (Å²) < 4.78 is 5.40. The van der Waals surface area contributed by atoms with E-state index in [2.05, 4.69) is 25.7 Å². The normalized spacial score (nSPS) is 10.2. The fourth-order valence-corrected chi connectivity index (χ4v) is 1.83. The topological polar surface area (TPSA) is 59.4 Å². The number of aromatic nitrogens is 1. The van der Waals surface area contributed by atoms with Crippen molar-refractivity contribution < 1.29 is 14.6 Å². The van der Waals surface area contributed by atoms with Crippen molar-refractivity contribution in [2.75, 3.05) is 13.7 Å². The van der Waals surface area contributed by atoms with Gasteiger partial charge in [-0.2, -0.15) is 0 Å². The van der Waals surface area contributed by atoms with Gasteiger partial charge in [-0.05, 0) is 41.3 Å². The summed E-state index contributed by atoms with van der Waals surface area (Å²) in [5.41, 5.74) is 1.32. The monoisotopic (exact) mass is 287 g/mol. The van der Waals surface area contributed by atoms with Crippen LogP contribution < -0.4 is 0 Å². The number of hydrogen-bond acceptors (Lipinski definition) is 4. The molecule has 16 heavy (non-hydrogen) atoms. The molecule has 0 aliphatic heterocycles. The molecule has 0 radical (unpaired) electrons. The van der Waals surface area contributed by atoms with E-state index in [0.29, 0.717) is 5.56 Å². The molecule has 0 spiro atoms. The Labute approximate surface area is 103 Å². The third-order valence-electron chi connectivity index (χ3n) is 2.16. The standard InChI is InChI=1S/C11H14BrNO3/c1-16-11(15)8-6-9(12)10(13-7-8)4-2-3-5-14/h6-7,14H,2-5H2,1H3. The fourth-order valence-electron chi connectivity index (χ4n) is 1.28. The first kappa shape index (κ1) is 13.1. The van der Waals surface area contributed by atoms with Crippen LogP contribution in [0.4, 0.5) is 0 Å². The van der Waals surface area contributed by atoms with Crippen LogP contribution in [0.5, 0.6) is 0 Å². The van der Waals surface area contributed by atoms with Gasteiger partial charge in [-0.1, -0.05) is 0 Å². The smallest absolute Gasteiger partial charge is 0.339 e. The van der Waals surface area contributed by atoms with E-state index >= 15 is 0 Å². The molecule has 0 unspecified atom stereocenters. The van der Waals surface area contributed by atoms with Gasteiger partial charge in [0.2, 0.25) is 0 Å². The van der Waals surface area contributed by atoms with E-state index in [-0.39, 0.29) is 6.61 Å². The Bertz CT molecular complexity index is 368. The average Bonchev–Trinajstić information content (AvgIpc) is 2.30. The predicted molar refractivity (Wildman–Crippen MR) is 63.3 cm³/mol. The second kappa shape index (κ2) is 6.60. The van der Waals surface area contributed by atoms with Crippen molar-refractivity contribution >= 4 is 21.9 Å². The molecule has 0 saturated heterocycles. The first-order valence-corrected chi connectivity index (χ1v) is 5.82. The molecule has 1 N–H and O–H groups in total. The van der Waals surface area contributed by atoms with Crippen molar-refractivity contribution in [3.05, 3.63) is 28.0 Å². The number of carbonyl (C=O) groups excluding carboxylic acids is 1. The molecule has 88 valence electrons. The van der Waals surface area contributed by atoms with Gasteiger partial charge >= 0.3 is 5.97 Å². The molecule has 4 nitrogen and oxygen atoms in total. The highest BCUT2D eigenvalue weighted by atomic mass is 79.9. The highest BCUT2D eigenvalue weighted by molar-refractivity contribution is 9.10. The lowest BCUT2D eigenvalue weighted by Gasteiger charge is -2.05. The number of esters is 1. The first-order chi connectivity index (χ1) is 7.69. The Morgan fingerprint density at radius 3 is 2.88 bits per heavy atom. The van der Waals surface area contributed by atoms with Crippen LogP contribution in [0.15, 0.2) is 16.7 Å². The number of aryl methyl sites for hydroxylation is 1. The molecule has 1 aromatic heterocycles. The summed E-state index contributed by atoms with van der Waals surface area (Å²) in [6.07, 6.45) is 3.92. The Morgan fingerprint density at radius 1 is 1.56 bits per heavy atom. The molecule has 1 rings (SSSR count). The summed E-state index contributed by atoms with van der Waals surface area (Å²) in [5, 5.41) is 8.67. The maximum Gasteiger partial charge on any atom is 0.339 e. The van der Waals surface area contributed by atoms with E-state index in [0.717, 1.165) is 29.4 Å². The predicted octanol–water partition coefficient (Wildman–Crippen LogP) is 1.95. The molecular weight excluding hydrogens is 274 g/mol. The lowest BCUT2D eigenvalue weighted by Crippen LogP contribution is -2.03. The third-order valence-corrected chi connectivity index (χ3v) is 2.85. The second-order valence-corrected chi connectivity index (χ2v) is 4.18. The van der Waals surface area contributed by atoms with Crippen LogP contribution in [-0.2, 0) is 11.2 Å². The van der Waals surface area contributed by atoms with Gasteiger partial charge in [-0.3, -0.25) is 4.98 Å². The van der Waals surface area contributed by atoms with Crippen LogP contribution in [0.3, 0.4) is 0 Å². The van der Waals surface area contributed by atoms with Crippen LogP contribution in [0.25, 0.3) is 0 Å². The molecule has 0 bridgehead atoms. The van der Waals surface area contributed by atoms with E-state index < -0.39 is 5.97 Å². The van der Waals surface area contributed by atoms with E-state index in [4.69, 9.17) is 5.11 Å². The molecule has 0 fully saturated rings. The zero-order valence-corrected chi connectivity index (χ0v) is 10.7. The lowest BCUT2D eigenvalue weighted by atomic mass is 10.1. The van der Waals surface area contributed by atoms with Crippen LogP contribution in [0.1, 0.15) is 28.9 Å². The zero-order valence-electron chi connectivity index (χ0n) is 9.07. The van der Waals surface area contributed by atoms with Crippen LogP contribution >= 0.6 is 15.9 Å². The van der Waals surface area contributed by atoms with E-state index in [1.165, 1.54) is 13.3 Å². The van der Waals surface area contributed by atoms with Crippen molar-refractivity contribution in [2.45, 2.75) is 19.3 Å². The quantitative estimate of drug-likeness (QED) is 0.664. The molecular formula is C11H14BrNO3. The number of methoxy groups -OCH3 is 1. The second-order valence-electron chi connectivity index (χ2n) is 3.32. The number of rotatable bonds is 5. The Morgan fingerprint density at radius 2 is 2.31 bits per heavy atom. The number of nitrogens with zero attached hydrogens (tertiary/aromatic N) is 1. The number of ether oxygens (including phenoxy) is 1. The molecule has 0 saturated carbocycles. The number of aliphatic hydroxyl groups excluding tert-OH is 1.